The van der Waals surface area contributed by atoms with Crippen molar-refractivity contribution in [3.8, 4) is 5.75 Å². The molecule has 0 unspecified atom stereocenters. The van der Waals surface area contributed by atoms with Gasteiger partial charge in [0.25, 0.3) is 0 Å². The second-order valence-electron chi connectivity index (χ2n) is 6.71. The molecule has 0 atom stereocenters. The molecule has 0 aliphatic carbocycles. The lowest BCUT2D eigenvalue weighted by atomic mass is 10.2. The molecule has 1 aromatic heterocycles. The molecule has 8 nitrogen and oxygen atoms in total. The molecule has 31 heavy (non-hydrogen) atoms. The van der Waals surface area contributed by atoms with E-state index < -0.39 is 22.1 Å². The fourth-order valence-corrected chi connectivity index (χ4v) is 3.98. The summed E-state index contributed by atoms with van der Waals surface area (Å²) >= 11 is 0. The number of nitrogens with zero attached hydrogens (tertiary/aromatic N) is 1. The summed E-state index contributed by atoms with van der Waals surface area (Å²) in [6, 6.07) is 12.4. The number of hydrogen-bond acceptors (Lipinski definition) is 7. The normalized spacial score (nSPS) is 11.3. The van der Waals surface area contributed by atoms with Crippen LogP contribution in [0.2, 0.25) is 0 Å². The Morgan fingerprint density at radius 1 is 0.935 bits per heavy atom. The maximum Gasteiger partial charge on any atom is 0.354 e. The zero-order chi connectivity index (χ0) is 22.6. The van der Waals surface area contributed by atoms with E-state index in [1.54, 1.807) is 32.0 Å². The highest BCUT2D eigenvalue weighted by molar-refractivity contribution is 7.87. The fourth-order valence-electron chi connectivity index (χ4n) is 3.06. The maximum absolute atomic E-state index is 12.6. The van der Waals surface area contributed by atoms with Crippen LogP contribution in [0.3, 0.4) is 0 Å². The molecule has 0 amide bonds. The van der Waals surface area contributed by atoms with Gasteiger partial charge in [-0.2, -0.15) is 8.42 Å². The van der Waals surface area contributed by atoms with Crippen molar-refractivity contribution in [3.05, 3.63) is 59.8 Å². The summed E-state index contributed by atoms with van der Waals surface area (Å²) in [5.41, 5.74) is 1.62. The number of aromatic nitrogens is 1. The van der Waals surface area contributed by atoms with E-state index in [4.69, 9.17) is 13.7 Å². The van der Waals surface area contributed by atoms with E-state index in [1.807, 2.05) is 6.92 Å². The van der Waals surface area contributed by atoms with Crippen LogP contribution in [0.15, 0.2) is 53.4 Å². The topological polar surface area (TPSA) is 101 Å². The number of esters is 2. The van der Waals surface area contributed by atoms with Gasteiger partial charge in [-0.3, -0.25) is 4.79 Å². The molecule has 0 aliphatic heterocycles. The predicted octanol–water partition coefficient (Wildman–Crippen LogP) is 3.46. The van der Waals surface area contributed by atoms with Gasteiger partial charge in [-0.25, -0.2) is 4.79 Å². The summed E-state index contributed by atoms with van der Waals surface area (Å²) in [6.45, 7) is 5.42. The number of carbonyl (C=O) groups excluding carboxylic acids is 2. The van der Waals surface area contributed by atoms with Crippen molar-refractivity contribution in [1.29, 1.82) is 0 Å². The molecule has 0 aliphatic rings. The molecule has 164 valence electrons. The lowest BCUT2D eigenvalue weighted by molar-refractivity contribution is -0.143. The lowest BCUT2D eigenvalue weighted by Crippen LogP contribution is -2.18. The Morgan fingerprint density at radius 3 is 2.26 bits per heavy atom. The molecule has 0 bridgehead atoms. The van der Waals surface area contributed by atoms with E-state index >= 15 is 0 Å². The van der Waals surface area contributed by atoms with Gasteiger partial charge < -0.3 is 18.2 Å². The number of fused-ring (bicyclic) bond motifs is 1. The van der Waals surface area contributed by atoms with Crippen molar-refractivity contribution in [1.82, 2.24) is 4.57 Å². The zero-order valence-electron chi connectivity index (χ0n) is 17.5. The molecular formula is C22H23NO7S. The predicted molar refractivity (Wildman–Crippen MR) is 114 cm³/mol. The third-order valence-electron chi connectivity index (χ3n) is 4.47. The smallest absolute Gasteiger partial charge is 0.354 e. The Labute approximate surface area is 180 Å². The van der Waals surface area contributed by atoms with Crippen molar-refractivity contribution >= 4 is 33.0 Å². The van der Waals surface area contributed by atoms with Gasteiger partial charge in [-0.05, 0) is 57.2 Å². The first kappa shape index (κ1) is 22.4. The Morgan fingerprint density at radius 2 is 1.61 bits per heavy atom. The maximum atomic E-state index is 12.6. The Kier molecular flexibility index (Phi) is 6.65. The summed E-state index contributed by atoms with van der Waals surface area (Å²) in [6.07, 6.45) is 0. The third kappa shape index (κ3) is 5.05. The largest absolute Gasteiger partial charge is 0.465 e. The van der Waals surface area contributed by atoms with Crippen LogP contribution in [0.4, 0.5) is 0 Å². The first-order valence-electron chi connectivity index (χ1n) is 9.72. The molecule has 0 fully saturated rings. The van der Waals surface area contributed by atoms with E-state index in [2.05, 4.69) is 0 Å². The highest BCUT2D eigenvalue weighted by Gasteiger charge is 2.21. The van der Waals surface area contributed by atoms with E-state index in [9.17, 15) is 18.0 Å². The Hall–Kier alpha value is -3.33. The summed E-state index contributed by atoms with van der Waals surface area (Å²) in [5, 5.41) is 0.518. The van der Waals surface area contributed by atoms with Crippen molar-refractivity contribution in [2.24, 2.45) is 0 Å². The lowest BCUT2D eigenvalue weighted by Gasteiger charge is -2.10. The first-order valence-corrected chi connectivity index (χ1v) is 11.1. The van der Waals surface area contributed by atoms with Crippen molar-refractivity contribution in [3.63, 3.8) is 0 Å². The van der Waals surface area contributed by atoms with Crippen LogP contribution in [0.5, 0.6) is 5.75 Å². The van der Waals surface area contributed by atoms with E-state index in [0.717, 1.165) is 5.56 Å². The molecule has 0 radical (unpaired) electrons. The molecule has 0 spiro atoms. The van der Waals surface area contributed by atoms with Gasteiger partial charge in [0.2, 0.25) is 0 Å². The minimum atomic E-state index is -4.03. The van der Waals surface area contributed by atoms with Crippen molar-refractivity contribution in [2.45, 2.75) is 32.2 Å². The van der Waals surface area contributed by atoms with Crippen LogP contribution in [-0.4, -0.2) is 38.1 Å². The molecule has 2 aromatic carbocycles. The standard InChI is InChI=1S/C22H23NO7S/c1-4-28-21(24)14-23-19-11-8-17(12-16(19)13-20(23)22(25)29-5-2)30-31(26,27)18-9-6-15(3)7-10-18/h6-13H,4-5,14H2,1-3H3. The van der Waals surface area contributed by atoms with Crippen LogP contribution < -0.4 is 4.18 Å². The van der Waals surface area contributed by atoms with Gasteiger partial charge in [-0.1, -0.05) is 17.7 Å². The summed E-state index contributed by atoms with van der Waals surface area (Å²) in [5.74, 6) is -1.03. The molecule has 0 saturated heterocycles. The van der Waals surface area contributed by atoms with Crippen LogP contribution in [-0.2, 0) is 30.9 Å². The van der Waals surface area contributed by atoms with Crippen molar-refractivity contribution in [2.75, 3.05) is 13.2 Å². The highest BCUT2D eigenvalue weighted by Crippen LogP contribution is 2.27. The van der Waals surface area contributed by atoms with E-state index in [-0.39, 0.29) is 36.1 Å². The monoisotopic (exact) mass is 445 g/mol. The summed E-state index contributed by atoms with van der Waals surface area (Å²) in [4.78, 5) is 24.4. The molecule has 3 rings (SSSR count). The molecule has 3 aromatic rings. The van der Waals surface area contributed by atoms with Gasteiger partial charge in [0.15, 0.2) is 0 Å². The number of carbonyl (C=O) groups is 2. The van der Waals surface area contributed by atoms with Crippen molar-refractivity contribution < 1.29 is 31.7 Å². The van der Waals surface area contributed by atoms with Crippen LogP contribution in [0.1, 0.15) is 29.9 Å². The first-order chi connectivity index (χ1) is 14.7. The molecule has 0 saturated carbocycles. The van der Waals surface area contributed by atoms with Gasteiger partial charge in [0.05, 0.1) is 13.2 Å². The number of ether oxygens (including phenoxy) is 2. The van der Waals surface area contributed by atoms with Crippen LogP contribution in [0, 0.1) is 6.92 Å². The molecule has 0 N–H and O–H groups in total. The van der Waals surface area contributed by atoms with E-state index in [1.165, 1.54) is 34.9 Å². The Bertz CT molecular complexity index is 1210. The number of benzene rings is 2. The highest BCUT2D eigenvalue weighted by atomic mass is 32.2. The zero-order valence-corrected chi connectivity index (χ0v) is 18.3. The quantitative estimate of drug-likeness (QED) is 0.387. The third-order valence-corrected chi connectivity index (χ3v) is 5.73. The summed E-state index contributed by atoms with van der Waals surface area (Å²) < 4.78 is 42.0. The molecule has 1 heterocycles. The number of hydrogen-bond donors (Lipinski definition) is 0. The van der Waals surface area contributed by atoms with Gasteiger partial charge in [0, 0.05) is 10.9 Å². The number of aryl methyl sites for hydroxylation is 1. The molecular weight excluding hydrogens is 422 g/mol. The average Bonchev–Trinajstić information content (AvgIpc) is 3.06. The second kappa shape index (κ2) is 9.22. The van der Waals surface area contributed by atoms with Gasteiger partial charge in [0.1, 0.15) is 22.9 Å². The Balaban J connectivity index is 1.98. The van der Waals surface area contributed by atoms with E-state index in [0.29, 0.717) is 10.9 Å². The minimum Gasteiger partial charge on any atom is -0.465 e. The summed E-state index contributed by atoms with van der Waals surface area (Å²) in [7, 11) is -4.03. The fraction of sp³-hybridized carbons (Fsp3) is 0.273. The molecule has 9 heteroatoms. The average molecular weight is 445 g/mol. The van der Waals surface area contributed by atoms with Gasteiger partial charge in [-0.15, -0.1) is 0 Å². The van der Waals surface area contributed by atoms with Crippen LogP contribution in [0.25, 0.3) is 10.9 Å². The minimum absolute atomic E-state index is 0.0327. The van der Waals surface area contributed by atoms with Gasteiger partial charge >= 0.3 is 22.1 Å². The SMILES string of the molecule is CCOC(=O)Cn1c(C(=O)OCC)cc2cc(OS(=O)(=O)c3ccc(C)cc3)ccc21. The number of rotatable bonds is 8. The second-order valence-corrected chi connectivity index (χ2v) is 8.26. The van der Waals surface area contributed by atoms with Crippen LogP contribution >= 0.6 is 0 Å².